The molecule has 1 N–H and O–H groups in total. The van der Waals surface area contributed by atoms with Crippen LogP contribution in [0.2, 0.25) is 0 Å². The van der Waals surface area contributed by atoms with Gasteiger partial charge < -0.3 is 19.2 Å². The molecule has 39 heavy (non-hydrogen) atoms. The number of unbranched alkanes of at least 4 members (excludes halogenated alkanes) is 2. The molecule has 202 valence electrons. The molecular formula is C33H35NO5. The number of carbonyl (C=O) groups excluding carboxylic acids is 1. The van der Waals surface area contributed by atoms with Gasteiger partial charge in [0.25, 0.3) is 5.91 Å². The summed E-state index contributed by atoms with van der Waals surface area (Å²) in [6.45, 7) is 4.08. The zero-order valence-electron chi connectivity index (χ0n) is 23.4. The summed E-state index contributed by atoms with van der Waals surface area (Å²) < 4.78 is 19.9. The summed E-state index contributed by atoms with van der Waals surface area (Å²) >= 11 is 0. The van der Waals surface area contributed by atoms with Gasteiger partial charge in [-0.15, -0.1) is 0 Å². The summed E-state index contributed by atoms with van der Waals surface area (Å²) in [5.41, 5.74) is 5.39. The summed E-state index contributed by atoms with van der Waals surface area (Å²) in [6.07, 6.45) is 5.64. The van der Waals surface area contributed by atoms with Gasteiger partial charge in [-0.25, -0.2) is 0 Å². The number of carboxylic acid groups (broad SMARTS) is 1. The molecule has 0 spiro atoms. The number of hydrogen-bond acceptors (Lipinski definition) is 4. The summed E-state index contributed by atoms with van der Waals surface area (Å²) in [4.78, 5) is 25.9. The molecule has 0 aliphatic carbocycles. The van der Waals surface area contributed by atoms with E-state index in [4.69, 9.17) is 15.6 Å². The number of carbonyl (C=O) groups is 2. The van der Waals surface area contributed by atoms with Gasteiger partial charge >= 0.3 is 5.97 Å². The van der Waals surface area contributed by atoms with Gasteiger partial charge in [-0.05, 0) is 80.1 Å². The third-order valence-corrected chi connectivity index (χ3v) is 6.56. The largest absolute Gasteiger partial charge is 0.493 e. The van der Waals surface area contributed by atoms with Gasteiger partial charge in [0.2, 0.25) is 0 Å². The van der Waals surface area contributed by atoms with Crippen LogP contribution in [0.1, 0.15) is 56.8 Å². The number of para-hydroxylation sites is 1. The summed E-state index contributed by atoms with van der Waals surface area (Å²) in [7, 11) is 0. The number of hydrogen-bond donors (Lipinski definition) is 1. The molecule has 0 saturated carbocycles. The minimum absolute atomic E-state index is 0.158. The average Bonchev–Trinajstić information content (AvgIpc) is 3.49. The molecular weight excluding hydrogens is 490 g/mol. The van der Waals surface area contributed by atoms with Gasteiger partial charge in [0.05, 0.1) is 20.5 Å². The Morgan fingerprint density at radius 3 is 2.33 bits per heavy atom. The lowest BCUT2D eigenvalue weighted by Gasteiger charge is -2.28. The first-order valence-electron chi connectivity index (χ1n) is 13.7. The first-order valence-corrected chi connectivity index (χ1v) is 13.2. The van der Waals surface area contributed by atoms with Crippen LogP contribution in [0.25, 0.3) is 22.3 Å². The quantitative estimate of drug-likeness (QED) is 0.181. The maximum absolute atomic E-state index is 13.7. The van der Waals surface area contributed by atoms with Gasteiger partial charge in [0.15, 0.2) is 0 Å². The molecule has 6 heteroatoms. The van der Waals surface area contributed by atoms with Crippen LogP contribution in [-0.2, 0) is 11.3 Å². The van der Waals surface area contributed by atoms with Crippen molar-refractivity contribution in [2.45, 2.75) is 52.1 Å². The van der Waals surface area contributed by atoms with Crippen LogP contribution >= 0.6 is 0 Å². The Morgan fingerprint density at radius 1 is 0.897 bits per heavy atom. The first kappa shape index (κ1) is 26.3. The molecule has 0 aliphatic heterocycles. The molecule has 3 aromatic carbocycles. The van der Waals surface area contributed by atoms with E-state index in [9.17, 15) is 9.59 Å². The van der Waals surface area contributed by atoms with Crippen molar-refractivity contribution in [3.05, 3.63) is 103 Å². The highest BCUT2D eigenvalue weighted by molar-refractivity contribution is 5.95. The Kier molecular flexibility index (Phi) is 9.08. The molecule has 0 aliphatic rings. The Bertz CT molecular complexity index is 1410. The van der Waals surface area contributed by atoms with Crippen molar-refractivity contribution in [3.63, 3.8) is 0 Å². The second kappa shape index (κ2) is 13.5. The molecule has 0 saturated heterocycles. The molecule has 1 amide bonds. The molecule has 1 aromatic heterocycles. The lowest BCUT2D eigenvalue weighted by molar-refractivity contribution is -0.137. The van der Waals surface area contributed by atoms with Gasteiger partial charge in [0, 0.05) is 35.7 Å². The van der Waals surface area contributed by atoms with Crippen LogP contribution in [-0.4, -0.2) is 34.5 Å². The Hall–Kier alpha value is -4.32. The van der Waals surface area contributed by atoms with Crippen molar-refractivity contribution in [1.82, 2.24) is 4.90 Å². The fraction of sp³-hybridized carbons (Fsp3) is 0.273. The van der Waals surface area contributed by atoms with Crippen LogP contribution in [0.3, 0.4) is 0 Å². The van der Waals surface area contributed by atoms with Gasteiger partial charge in [0.1, 0.15) is 5.75 Å². The van der Waals surface area contributed by atoms with E-state index in [0.29, 0.717) is 24.3 Å². The average molecular weight is 527 g/mol. The molecule has 0 bridgehead atoms. The molecule has 4 rings (SSSR count). The fourth-order valence-corrected chi connectivity index (χ4v) is 4.38. The number of carboxylic acids is 1. The van der Waals surface area contributed by atoms with E-state index in [1.165, 1.54) is 4.90 Å². The van der Waals surface area contributed by atoms with Crippen LogP contribution in [0.15, 0.2) is 95.8 Å². The monoisotopic (exact) mass is 526 g/mol. The highest BCUT2D eigenvalue weighted by Crippen LogP contribution is 2.28. The number of benzene rings is 3. The number of aliphatic carboxylic acids is 1. The molecule has 0 radical (unpaired) electrons. The Balaban J connectivity index is 1.46. The third kappa shape index (κ3) is 7.60. The van der Waals surface area contributed by atoms with Crippen LogP contribution in [0, 0.1) is 0 Å². The zero-order valence-corrected chi connectivity index (χ0v) is 22.4. The number of furan rings is 1. The van der Waals surface area contributed by atoms with Gasteiger partial charge in [-0.3, -0.25) is 9.59 Å². The molecule has 4 aromatic rings. The van der Waals surface area contributed by atoms with Crippen LogP contribution in [0.5, 0.6) is 5.75 Å². The SMILES string of the molecule is [2H]C(C)(C)N(Cc1ccccc1OCCCCCC(=O)O)C(=O)c1ccc(-c2cccc(-c3ccoc3)c2)cc1. The topological polar surface area (TPSA) is 80.0 Å². The summed E-state index contributed by atoms with van der Waals surface area (Å²) in [5.74, 6) is -0.360. The minimum Gasteiger partial charge on any atom is -0.493 e. The van der Waals surface area contributed by atoms with Crippen molar-refractivity contribution >= 4 is 11.9 Å². The second-order valence-electron chi connectivity index (χ2n) is 9.67. The molecule has 0 fully saturated rings. The van der Waals surface area contributed by atoms with E-state index in [1.807, 2.05) is 60.7 Å². The van der Waals surface area contributed by atoms with Gasteiger partial charge in [-0.2, -0.15) is 0 Å². The predicted octanol–water partition coefficient (Wildman–Crippen LogP) is 7.69. The fourth-order valence-electron chi connectivity index (χ4n) is 4.38. The van der Waals surface area contributed by atoms with E-state index in [-0.39, 0.29) is 18.9 Å². The van der Waals surface area contributed by atoms with Crippen LogP contribution in [0.4, 0.5) is 0 Å². The Labute approximate surface area is 231 Å². The van der Waals surface area contributed by atoms with Crippen molar-refractivity contribution in [2.24, 2.45) is 0 Å². The second-order valence-corrected chi connectivity index (χ2v) is 9.67. The molecule has 0 atom stereocenters. The van der Waals surface area contributed by atoms with E-state index in [2.05, 4.69) is 6.07 Å². The van der Waals surface area contributed by atoms with Crippen molar-refractivity contribution in [1.29, 1.82) is 0 Å². The van der Waals surface area contributed by atoms with E-state index in [1.54, 1.807) is 38.5 Å². The maximum Gasteiger partial charge on any atom is 0.303 e. The lowest BCUT2D eigenvalue weighted by Crippen LogP contribution is -2.36. The van der Waals surface area contributed by atoms with E-state index >= 15 is 0 Å². The smallest absolute Gasteiger partial charge is 0.303 e. The predicted molar refractivity (Wildman–Crippen MR) is 153 cm³/mol. The Morgan fingerprint density at radius 2 is 1.64 bits per heavy atom. The van der Waals surface area contributed by atoms with Crippen LogP contribution < -0.4 is 4.74 Å². The van der Waals surface area contributed by atoms with Crippen molar-refractivity contribution in [3.8, 4) is 28.0 Å². The van der Waals surface area contributed by atoms with Crippen molar-refractivity contribution in [2.75, 3.05) is 6.61 Å². The number of rotatable bonds is 13. The van der Waals surface area contributed by atoms with E-state index < -0.39 is 12.0 Å². The number of amides is 1. The minimum atomic E-state index is -1.17. The van der Waals surface area contributed by atoms with Gasteiger partial charge in [-0.1, -0.05) is 48.5 Å². The van der Waals surface area contributed by atoms with Crippen molar-refractivity contribution < 1.29 is 25.2 Å². The number of ether oxygens (including phenoxy) is 1. The summed E-state index contributed by atoms with van der Waals surface area (Å²) in [6, 6.07) is 23.9. The normalized spacial score (nSPS) is 11.6. The molecule has 1 heterocycles. The maximum atomic E-state index is 13.7. The first-order chi connectivity index (χ1) is 19.2. The molecule has 0 unspecified atom stereocenters. The highest BCUT2D eigenvalue weighted by Gasteiger charge is 2.21. The molecule has 6 nitrogen and oxygen atoms in total. The summed E-state index contributed by atoms with van der Waals surface area (Å²) in [5, 5.41) is 8.79. The zero-order chi connectivity index (χ0) is 28.5. The number of nitrogens with zero attached hydrogens (tertiary/aromatic N) is 1. The lowest BCUT2D eigenvalue weighted by atomic mass is 9.99. The van der Waals surface area contributed by atoms with E-state index in [0.717, 1.165) is 40.7 Å². The third-order valence-electron chi connectivity index (χ3n) is 6.56. The standard InChI is InChI=1S/C33H35NO5/c1-24(2)34(22-29-9-5-6-12-31(29)39-19-7-3-4-13-32(35)36)33(37)26-16-14-25(15-17-26)27-10-8-11-28(21-27)30-18-20-38-23-30/h5-6,8-12,14-18,20-21,23-24H,3-4,7,13,19,22H2,1-2H3,(H,35,36)/i24D. The highest BCUT2D eigenvalue weighted by atomic mass is 16.5.